The third-order valence-electron chi connectivity index (χ3n) is 3.31. The maximum absolute atomic E-state index is 6.20. The van der Waals surface area contributed by atoms with E-state index < -0.39 is 0 Å². The highest BCUT2D eigenvalue weighted by molar-refractivity contribution is 5.43. The molecule has 0 aliphatic rings. The molecule has 96 valence electrons. The molecule has 0 amide bonds. The van der Waals surface area contributed by atoms with E-state index in [-0.39, 0.29) is 11.0 Å². The maximum Gasteiger partial charge on any atom is 0.0138 e. The van der Waals surface area contributed by atoms with E-state index in [4.69, 9.17) is 5.73 Å². The number of benzene rings is 1. The van der Waals surface area contributed by atoms with Gasteiger partial charge in [-0.2, -0.15) is 0 Å². The van der Waals surface area contributed by atoms with Gasteiger partial charge in [-0.1, -0.05) is 32.9 Å². The zero-order chi connectivity index (χ0) is 13.4. The van der Waals surface area contributed by atoms with Crippen molar-refractivity contribution in [3.8, 4) is 0 Å². The van der Waals surface area contributed by atoms with Crippen molar-refractivity contribution in [1.82, 2.24) is 0 Å². The SMILES string of the molecule is Cc1ccc(C(C)(C)C)c(CC(C)(C)N)c1C. The lowest BCUT2D eigenvalue weighted by Gasteiger charge is -2.29. The van der Waals surface area contributed by atoms with Crippen LogP contribution in [0.4, 0.5) is 0 Å². The van der Waals surface area contributed by atoms with Crippen molar-refractivity contribution >= 4 is 0 Å². The number of nitrogens with two attached hydrogens (primary N) is 1. The van der Waals surface area contributed by atoms with E-state index in [0.29, 0.717) is 0 Å². The van der Waals surface area contributed by atoms with E-state index in [9.17, 15) is 0 Å². The Morgan fingerprint density at radius 2 is 1.53 bits per heavy atom. The highest BCUT2D eigenvalue weighted by Crippen LogP contribution is 2.31. The molecule has 1 aromatic rings. The Balaban J connectivity index is 3.37. The van der Waals surface area contributed by atoms with Gasteiger partial charge in [0.1, 0.15) is 0 Å². The molecule has 1 rings (SSSR count). The van der Waals surface area contributed by atoms with Crippen molar-refractivity contribution in [3.63, 3.8) is 0 Å². The Kier molecular flexibility index (Phi) is 3.73. The minimum absolute atomic E-state index is 0.154. The lowest BCUT2D eigenvalue weighted by atomic mass is 9.78. The predicted octanol–water partition coefficient (Wildman–Crippen LogP) is 3.88. The Bertz CT molecular complexity index is 403. The monoisotopic (exact) mass is 233 g/mol. The highest BCUT2D eigenvalue weighted by atomic mass is 14.7. The lowest BCUT2D eigenvalue weighted by Crippen LogP contribution is -2.35. The van der Waals surface area contributed by atoms with Gasteiger partial charge >= 0.3 is 0 Å². The second kappa shape index (κ2) is 4.45. The van der Waals surface area contributed by atoms with Gasteiger partial charge < -0.3 is 5.73 Å². The molecule has 0 heterocycles. The fourth-order valence-electron chi connectivity index (χ4n) is 2.26. The summed E-state index contributed by atoms with van der Waals surface area (Å²) in [4.78, 5) is 0. The van der Waals surface area contributed by atoms with Crippen molar-refractivity contribution in [1.29, 1.82) is 0 Å². The van der Waals surface area contributed by atoms with Gasteiger partial charge in [-0.3, -0.25) is 0 Å². The molecule has 0 saturated carbocycles. The molecule has 0 aromatic heterocycles. The minimum Gasteiger partial charge on any atom is -0.325 e. The second-order valence-electron chi connectivity index (χ2n) is 6.95. The van der Waals surface area contributed by atoms with Gasteiger partial charge in [0.25, 0.3) is 0 Å². The van der Waals surface area contributed by atoms with Crippen molar-refractivity contribution in [3.05, 3.63) is 34.4 Å². The first-order valence-electron chi connectivity index (χ1n) is 6.41. The summed E-state index contributed by atoms with van der Waals surface area (Å²) in [7, 11) is 0. The molecule has 1 nitrogen and oxygen atoms in total. The average Bonchev–Trinajstić information content (AvgIpc) is 2.08. The van der Waals surface area contributed by atoms with E-state index >= 15 is 0 Å². The first-order valence-corrected chi connectivity index (χ1v) is 6.41. The van der Waals surface area contributed by atoms with Crippen LogP contribution in [0.25, 0.3) is 0 Å². The van der Waals surface area contributed by atoms with Gasteiger partial charge in [-0.25, -0.2) is 0 Å². The zero-order valence-corrected chi connectivity index (χ0v) is 12.4. The smallest absolute Gasteiger partial charge is 0.0138 e. The first kappa shape index (κ1) is 14.2. The second-order valence-corrected chi connectivity index (χ2v) is 6.95. The first-order chi connectivity index (χ1) is 7.52. The van der Waals surface area contributed by atoms with E-state index in [0.717, 1.165) is 6.42 Å². The van der Waals surface area contributed by atoms with Crippen LogP contribution >= 0.6 is 0 Å². The van der Waals surface area contributed by atoms with E-state index in [2.05, 4.69) is 60.6 Å². The molecule has 0 fully saturated rings. The van der Waals surface area contributed by atoms with Gasteiger partial charge in [0, 0.05) is 5.54 Å². The molecule has 17 heavy (non-hydrogen) atoms. The standard InChI is InChI=1S/C16H27N/c1-11-8-9-14(15(3,4)5)13(12(11)2)10-16(6,7)17/h8-9H,10,17H2,1-7H3. The summed E-state index contributed by atoms with van der Waals surface area (Å²) in [5, 5.41) is 0. The molecule has 0 unspecified atom stereocenters. The number of rotatable bonds is 2. The summed E-state index contributed by atoms with van der Waals surface area (Å²) in [6.45, 7) is 15.4. The highest BCUT2D eigenvalue weighted by Gasteiger charge is 2.23. The van der Waals surface area contributed by atoms with Crippen molar-refractivity contribution < 1.29 is 0 Å². The van der Waals surface area contributed by atoms with Crippen molar-refractivity contribution in [2.75, 3.05) is 0 Å². The molecular formula is C16H27N. The molecule has 0 aliphatic heterocycles. The van der Waals surface area contributed by atoms with E-state index in [1.807, 2.05) is 0 Å². The molecule has 0 aliphatic carbocycles. The van der Waals surface area contributed by atoms with Crippen LogP contribution in [0.5, 0.6) is 0 Å². The summed E-state index contributed by atoms with van der Waals surface area (Å²) in [6, 6.07) is 4.49. The van der Waals surface area contributed by atoms with Crippen LogP contribution in [0.1, 0.15) is 56.9 Å². The summed E-state index contributed by atoms with van der Waals surface area (Å²) in [5.41, 5.74) is 11.8. The zero-order valence-electron chi connectivity index (χ0n) is 12.4. The Labute approximate surface area is 106 Å². The van der Waals surface area contributed by atoms with Crippen LogP contribution in [-0.4, -0.2) is 5.54 Å². The van der Waals surface area contributed by atoms with Crippen LogP contribution in [0.2, 0.25) is 0 Å². The van der Waals surface area contributed by atoms with Crippen LogP contribution in [-0.2, 0) is 11.8 Å². The fourth-order valence-corrected chi connectivity index (χ4v) is 2.26. The topological polar surface area (TPSA) is 26.0 Å². The molecule has 0 radical (unpaired) electrons. The molecule has 2 N–H and O–H groups in total. The molecular weight excluding hydrogens is 206 g/mol. The van der Waals surface area contributed by atoms with Gasteiger partial charge in [0.2, 0.25) is 0 Å². The van der Waals surface area contributed by atoms with Gasteiger partial charge in [-0.05, 0) is 61.8 Å². The predicted molar refractivity (Wildman–Crippen MR) is 76.6 cm³/mol. The van der Waals surface area contributed by atoms with Crippen LogP contribution in [0.3, 0.4) is 0 Å². The summed E-state index contributed by atoms with van der Waals surface area (Å²) in [6.07, 6.45) is 0.938. The minimum atomic E-state index is -0.154. The Hall–Kier alpha value is -0.820. The van der Waals surface area contributed by atoms with Crippen LogP contribution < -0.4 is 5.73 Å². The average molecular weight is 233 g/mol. The maximum atomic E-state index is 6.20. The Morgan fingerprint density at radius 3 is 1.94 bits per heavy atom. The van der Waals surface area contributed by atoms with Crippen LogP contribution in [0, 0.1) is 13.8 Å². The lowest BCUT2D eigenvalue weighted by molar-refractivity contribution is 0.501. The van der Waals surface area contributed by atoms with Crippen LogP contribution in [0.15, 0.2) is 12.1 Å². The molecule has 1 heteroatoms. The third kappa shape index (κ3) is 3.57. The molecule has 0 spiro atoms. The summed E-state index contributed by atoms with van der Waals surface area (Å²) in [5.74, 6) is 0. The largest absolute Gasteiger partial charge is 0.325 e. The molecule has 0 saturated heterocycles. The number of hydrogen-bond acceptors (Lipinski definition) is 1. The third-order valence-corrected chi connectivity index (χ3v) is 3.31. The van der Waals surface area contributed by atoms with Crippen molar-refractivity contribution in [2.45, 2.75) is 65.8 Å². The molecule has 0 bridgehead atoms. The molecule has 1 aromatic carbocycles. The van der Waals surface area contributed by atoms with E-state index in [1.165, 1.54) is 22.3 Å². The number of hydrogen-bond donors (Lipinski definition) is 1. The summed E-state index contributed by atoms with van der Waals surface area (Å²) < 4.78 is 0. The fraction of sp³-hybridized carbons (Fsp3) is 0.625. The summed E-state index contributed by atoms with van der Waals surface area (Å²) >= 11 is 0. The van der Waals surface area contributed by atoms with Gasteiger partial charge in [0.15, 0.2) is 0 Å². The van der Waals surface area contributed by atoms with Crippen molar-refractivity contribution in [2.24, 2.45) is 5.73 Å². The quantitative estimate of drug-likeness (QED) is 0.824. The van der Waals surface area contributed by atoms with Gasteiger partial charge in [0.05, 0.1) is 0 Å². The molecule has 0 atom stereocenters. The van der Waals surface area contributed by atoms with E-state index in [1.54, 1.807) is 0 Å². The van der Waals surface area contributed by atoms with Gasteiger partial charge in [-0.15, -0.1) is 0 Å². The normalized spacial score (nSPS) is 12.9. The Morgan fingerprint density at radius 1 is 1.00 bits per heavy atom. The number of aryl methyl sites for hydroxylation is 1.